The SMILES string of the molecule is Cc1cc(C#N)ccc1-c1ccc2c(c1)cc(-c1c(F)cc(O)cc1F)n2S(=O)(=O)C(F)(F)F. The van der Waals surface area contributed by atoms with Crippen LogP contribution in [0.4, 0.5) is 22.0 Å². The average molecular weight is 492 g/mol. The molecule has 0 fully saturated rings. The second-order valence-corrected chi connectivity index (χ2v) is 9.22. The Balaban J connectivity index is 2.06. The normalized spacial score (nSPS) is 12.1. The van der Waals surface area contributed by atoms with Crippen LogP contribution in [0.15, 0.2) is 54.6 Å². The molecular weight excluding hydrogens is 479 g/mol. The fourth-order valence-electron chi connectivity index (χ4n) is 3.76. The van der Waals surface area contributed by atoms with E-state index in [0.717, 1.165) is 12.1 Å². The smallest absolute Gasteiger partial charge is 0.508 e. The summed E-state index contributed by atoms with van der Waals surface area (Å²) in [6.07, 6.45) is 0. The number of aromatic hydroxyl groups is 1. The van der Waals surface area contributed by atoms with Crippen LogP contribution in [0.2, 0.25) is 0 Å². The van der Waals surface area contributed by atoms with Crippen molar-refractivity contribution in [3.05, 3.63) is 77.4 Å². The molecule has 0 saturated heterocycles. The maximum absolute atomic E-state index is 14.5. The number of phenolic OH excluding ortho intramolecular Hbond substituents is 1. The Kier molecular flexibility index (Phi) is 5.37. The number of hydrogen-bond donors (Lipinski definition) is 1. The van der Waals surface area contributed by atoms with E-state index < -0.39 is 49.7 Å². The van der Waals surface area contributed by atoms with E-state index in [2.05, 4.69) is 0 Å². The first-order valence-corrected chi connectivity index (χ1v) is 11.0. The minimum absolute atomic E-state index is 0.0315. The molecule has 1 aromatic heterocycles. The number of alkyl halides is 3. The van der Waals surface area contributed by atoms with Crippen LogP contribution in [-0.4, -0.2) is 23.0 Å². The van der Waals surface area contributed by atoms with Gasteiger partial charge in [-0.1, -0.05) is 12.1 Å². The summed E-state index contributed by atoms with van der Waals surface area (Å²) in [7, 11) is -6.09. The molecule has 0 unspecified atom stereocenters. The Hall–Kier alpha value is -3.91. The number of phenols is 1. The summed E-state index contributed by atoms with van der Waals surface area (Å²) in [5.41, 5.74) is -5.98. The Morgan fingerprint density at radius 1 is 0.971 bits per heavy atom. The summed E-state index contributed by atoms with van der Waals surface area (Å²) in [5, 5.41) is 18.4. The van der Waals surface area contributed by atoms with Gasteiger partial charge in [-0.3, -0.25) is 0 Å². The first-order chi connectivity index (χ1) is 15.8. The van der Waals surface area contributed by atoms with Gasteiger partial charge in [0.1, 0.15) is 17.4 Å². The Labute approximate surface area is 190 Å². The number of aromatic nitrogens is 1. The number of benzene rings is 3. The van der Waals surface area contributed by atoms with Crippen molar-refractivity contribution in [1.29, 1.82) is 5.26 Å². The summed E-state index contributed by atoms with van der Waals surface area (Å²) in [6.45, 7) is 1.71. The topological polar surface area (TPSA) is 83.1 Å². The van der Waals surface area contributed by atoms with Gasteiger partial charge in [0.15, 0.2) is 0 Å². The van der Waals surface area contributed by atoms with Gasteiger partial charge in [0.2, 0.25) is 0 Å². The molecule has 0 bridgehead atoms. The lowest BCUT2D eigenvalue weighted by Crippen LogP contribution is -2.30. The molecule has 0 atom stereocenters. The van der Waals surface area contributed by atoms with Gasteiger partial charge in [-0.05, 0) is 53.9 Å². The van der Waals surface area contributed by atoms with Gasteiger partial charge in [-0.25, -0.2) is 12.8 Å². The number of fused-ring (bicyclic) bond motifs is 1. The molecule has 174 valence electrons. The van der Waals surface area contributed by atoms with Crippen LogP contribution in [-0.2, 0) is 10.0 Å². The van der Waals surface area contributed by atoms with Crippen LogP contribution in [0.25, 0.3) is 33.3 Å². The molecule has 34 heavy (non-hydrogen) atoms. The highest BCUT2D eigenvalue weighted by Gasteiger charge is 2.49. The summed E-state index contributed by atoms with van der Waals surface area (Å²) in [5.74, 6) is -3.71. The van der Waals surface area contributed by atoms with Crippen LogP contribution in [0.1, 0.15) is 11.1 Å². The van der Waals surface area contributed by atoms with E-state index >= 15 is 0 Å². The molecule has 0 aliphatic heterocycles. The zero-order valence-corrected chi connectivity index (χ0v) is 18.0. The predicted molar refractivity (Wildman–Crippen MR) is 114 cm³/mol. The summed E-state index contributed by atoms with van der Waals surface area (Å²) >= 11 is 0. The number of halogens is 5. The maximum Gasteiger partial charge on any atom is 0.517 e. The average Bonchev–Trinajstić information content (AvgIpc) is 3.10. The quantitative estimate of drug-likeness (QED) is 0.365. The van der Waals surface area contributed by atoms with Gasteiger partial charge in [-0.15, -0.1) is 0 Å². The van der Waals surface area contributed by atoms with Gasteiger partial charge in [-0.2, -0.15) is 26.9 Å². The van der Waals surface area contributed by atoms with Crippen molar-refractivity contribution in [3.63, 3.8) is 0 Å². The van der Waals surface area contributed by atoms with E-state index in [1.165, 1.54) is 12.1 Å². The van der Waals surface area contributed by atoms with E-state index in [9.17, 15) is 35.5 Å². The van der Waals surface area contributed by atoms with Crippen molar-refractivity contribution >= 4 is 20.9 Å². The van der Waals surface area contributed by atoms with Crippen LogP contribution < -0.4 is 0 Å². The third-order valence-corrected chi connectivity index (χ3v) is 6.70. The van der Waals surface area contributed by atoms with Gasteiger partial charge < -0.3 is 5.11 Å². The van der Waals surface area contributed by atoms with Crippen molar-refractivity contribution in [3.8, 4) is 34.2 Å². The predicted octanol–water partition coefficient (Wildman–Crippen LogP) is 5.84. The second kappa shape index (κ2) is 7.85. The molecule has 11 heteroatoms. The number of nitriles is 1. The third-order valence-electron chi connectivity index (χ3n) is 5.24. The first-order valence-electron chi connectivity index (χ1n) is 9.52. The summed E-state index contributed by atoms with van der Waals surface area (Å²) < 4.78 is 94.2. The molecular formula is C23H13F5N2O3S. The van der Waals surface area contributed by atoms with E-state index in [4.69, 9.17) is 5.26 Å². The van der Waals surface area contributed by atoms with E-state index in [0.29, 0.717) is 34.4 Å². The van der Waals surface area contributed by atoms with E-state index in [-0.39, 0.29) is 9.36 Å². The van der Waals surface area contributed by atoms with Gasteiger partial charge >= 0.3 is 15.5 Å². The zero-order valence-electron chi connectivity index (χ0n) is 17.2. The minimum Gasteiger partial charge on any atom is -0.508 e. The van der Waals surface area contributed by atoms with Crippen LogP contribution in [0.3, 0.4) is 0 Å². The number of nitrogens with zero attached hydrogens (tertiary/aromatic N) is 2. The van der Waals surface area contributed by atoms with Gasteiger partial charge in [0.05, 0.1) is 28.4 Å². The first kappa shape index (κ1) is 23.3. The highest BCUT2D eigenvalue weighted by Crippen LogP contribution is 2.39. The fourth-order valence-corrected chi connectivity index (χ4v) is 4.79. The highest BCUT2D eigenvalue weighted by molar-refractivity contribution is 7.91. The Morgan fingerprint density at radius 3 is 2.18 bits per heavy atom. The molecule has 0 spiro atoms. The fraction of sp³-hybridized carbons (Fsp3) is 0.0870. The molecule has 5 nitrogen and oxygen atoms in total. The van der Waals surface area contributed by atoms with Crippen molar-refractivity contribution in [1.82, 2.24) is 3.97 Å². The monoisotopic (exact) mass is 492 g/mol. The van der Waals surface area contributed by atoms with Crippen LogP contribution in [0.5, 0.6) is 5.75 Å². The molecule has 0 amide bonds. The standard InChI is InChI=1S/C23H13F5N2O3S/c1-12-6-13(11-29)2-4-17(12)14-3-5-20-15(7-14)8-21(30(20)34(32,33)23(26,27)28)22-18(24)9-16(31)10-19(22)25/h2-10,31H,1H3. The molecule has 4 aromatic rings. The lowest BCUT2D eigenvalue weighted by Gasteiger charge is -2.15. The van der Waals surface area contributed by atoms with Gasteiger partial charge in [0, 0.05) is 17.5 Å². The van der Waals surface area contributed by atoms with Crippen LogP contribution >= 0.6 is 0 Å². The van der Waals surface area contributed by atoms with Crippen molar-refractivity contribution in [2.45, 2.75) is 12.4 Å². The second-order valence-electron chi connectivity index (χ2n) is 7.44. The maximum atomic E-state index is 14.5. The summed E-state index contributed by atoms with van der Waals surface area (Å²) in [6, 6.07) is 12.5. The lowest BCUT2D eigenvalue weighted by atomic mass is 9.98. The molecule has 4 rings (SSSR count). The van der Waals surface area contributed by atoms with Crippen molar-refractivity contribution < 1.29 is 35.5 Å². The zero-order chi connectivity index (χ0) is 25.0. The van der Waals surface area contributed by atoms with Crippen LogP contribution in [0, 0.1) is 29.9 Å². The van der Waals surface area contributed by atoms with Gasteiger partial charge in [0.25, 0.3) is 0 Å². The van der Waals surface area contributed by atoms with E-state index in [1.807, 2.05) is 6.07 Å². The molecule has 0 radical (unpaired) electrons. The van der Waals surface area contributed by atoms with E-state index in [1.54, 1.807) is 25.1 Å². The Bertz CT molecular complexity index is 1590. The molecule has 0 saturated carbocycles. The van der Waals surface area contributed by atoms with Crippen molar-refractivity contribution in [2.24, 2.45) is 0 Å². The highest BCUT2D eigenvalue weighted by atomic mass is 32.2. The lowest BCUT2D eigenvalue weighted by molar-refractivity contribution is -0.0444. The number of rotatable bonds is 3. The number of aryl methyl sites for hydroxylation is 1. The molecule has 0 aliphatic rings. The minimum atomic E-state index is -6.09. The molecule has 0 aliphatic carbocycles. The molecule has 1 N–H and O–H groups in total. The Morgan fingerprint density at radius 2 is 1.62 bits per heavy atom. The molecule has 3 aromatic carbocycles. The number of hydrogen-bond acceptors (Lipinski definition) is 4. The molecule has 1 heterocycles. The summed E-state index contributed by atoms with van der Waals surface area (Å²) in [4.78, 5) is 0. The largest absolute Gasteiger partial charge is 0.517 e. The third kappa shape index (κ3) is 3.66. The van der Waals surface area contributed by atoms with Crippen molar-refractivity contribution in [2.75, 3.05) is 0 Å².